The van der Waals surface area contributed by atoms with Crippen LogP contribution >= 0.6 is 11.8 Å². The van der Waals surface area contributed by atoms with Crippen molar-refractivity contribution in [3.63, 3.8) is 0 Å². The Morgan fingerprint density at radius 2 is 2.20 bits per heavy atom. The van der Waals surface area contributed by atoms with E-state index in [1.165, 1.54) is 38.1 Å². The van der Waals surface area contributed by atoms with Gasteiger partial charge in [-0.15, -0.1) is 0 Å². The molecule has 0 aromatic rings. The van der Waals surface area contributed by atoms with Crippen LogP contribution < -0.4 is 5.32 Å². The maximum atomic E-state index is 3.50. The van der Waals surface area contributed by atoms with Crippen molar-refractivity contribution in [1.29, 1.82) is 0 Å². The lowest BCUT2D eigenvalue weighted by molar-refractivity contribution is 0.410. The van der Waals surface area contributed by atoms with Gasteiger partial charge in [0.2, 0.25) is 0 Å². The number of hydrogen-bond donors (Lipinski definition) is 1. The molecule has 0 saturated carbocycles. The first kappa shape index (κ1) is 6.99. The quantitative estimate of drug-likeness (QED) is 0.572. The third-order valence-electron chi connectivity index (χ3n) is 2.57. The van der Waals surface area contributed by atoms with E-state index in [9.17, 15) is 0 Å². The Labute approximate surface area is 67.0 Å². The lowest BCUT2D eigenvalue weighted by atomic mass is 9.98. The molecular weight excluding hydrogens is 142 g/mol. The minimum Gasteiger partial charge on any atom is -0.316 e. The molecule has 3 saturated heterocycles. The zero-order chi connectivity index (χ0) is 6.81. The van der Waals surface area contributed by atoms with Crippen LogP contribution in [0.4, 0.5) is 0 Å². The summed E-state index contributed by atoms with van der Waals surface area (Å²) >= 11 is 2.18. The molecule has 0 radical (unpaired) electrons. The Kier molecular flexibility index (Phi) is 2.19. The molecular formula is C8H15NS. The first-order chi connectivity index (χ1) is 4.95. The zero-order valence-electron chi connectivity index (χ0n) is 6.31. The normalized spacial score (nSPS) is 40.8. The van der Waals surface area contributed by atoms with Crippen LogP contribution in [0.25, 0.3) is 0 Å². The Morgan fingerprint density at radius 1 is 1.20 bits per heavy atom. The molecule has 2 unspecified atom stereocenters. The summed E-state index contributed by atoms with van der Waals surface area (Å²) < 4.78 is 0. The van der Waals surface area contributed by atoms with Gasteiger partial charge in [-0.2, -0.15) is 11.8 Å². The van der Waals surface area contributed by atoms with Crippen molar-refractivity contribution in [3.05, 3.63) is 0 Å². The van der Waals surface area contributed by atoms with E-state index < -0.39 is 0 Å². The van der Waals surface area contributed by atoms with Crippen molar-refractivity contribution < 1.29 is 0 Å². The van der Waals surface area contributed by atoms with Crippen molar-refractivity contribution in [1.82, 2.24) is 5.32 Å². The van der Waals surface area contributed by atoms with Gasteiger partial charge in [0.05, 0.1) is 0 Å². The van der Waals surface area contributed by atoms with E-state index in [0.717, 1.165) is 11.2 Å². The van der Waals surface area contributed by atoms with Gasteiger partial charge in [-0.1, -0.05) is 0 Å². The van der Waals surface area contributed by atoms with E-state index in [-0.39, 0.29) is 0 Å². The molecule has 3 aliphatic heterocycles. The van der Waals surface area contributed by atoms with Crippen LogP contribution in [0.5, 0.6) is 0 Å². The summed E-state index contributed by atoms with van der Waals surface area (Å²) in [6, 6.07) is 0. The van der Waals surface area contributed by atoms with Crippen molar-refractivity contribution in [2.24, 2.45) is 5.92 Å². The molecule has 2 heteroatoms. The highest BCUT2D eigenvalue weighted by Gasteiger charge is 2.23. The van der Waals surface area contributed by atoms with Crippen LogP contribution in [0.1, 0.15) is 19.3 Å². The zero-order valence-corrected chi connectivity index (χ0v) is 7.12. The van der Waals surface area contributed by atoms with E-state index in [1.54, 1.807) is 0 Å². The fourth-order valence-corrected chi connectivity index (χ4v) is 3.23. The molecule has 0 aromatic carbocycles. The molecule has 3 rings (SSSR count). The molecule has 1 nitrogen and oxygen atoms in total. The van der Waals surface area contributed by atoms with Crippen molar-refractivity contribution in [2.45, 2.75) is 24.5 Å². The molecule has 2 bridgehead atoms. The van der Waals surface area contributed by atoms with E-state index in [4.69, 9.17) is 0 Å². The predicted octanol–water partition coefficient (Wildman–Crippen LogP) is 1.49. The van der Waals surface area contributed by atoms with Crippen LogP contribution in [0.3, 0.4) is 0 Å². The monoisotopic (exact) mass is 157 g/mol. The molecule has 2 atom stereocenters. The molecule has 0 amide bonds. The molecule has 3 heterocycles. The van der Waals surface area contributed by atoms with E-state index >= 15 is 0 Å². The maximum Gasteiger partial charge on any atom is 0.0172 e. The lowest BCUT2D eigenvalue weighted by Gasteiger charge is -2.31. The average Bonchev–Trinajstić information content (AvgIpc) is 1.89. The van der Waals surface area contributed by atoms with Crippen molar-refractivity contribution >= 4 is 11.8 Å². The fraction of sp³-hybridized carbons (Fsp3) is 1.00. The summed E-state index contributed by atoms with van der Waals surface area (Å²) in [7, 11) is 0. The van der Waals surface area contributed by atoms with Gasteiger partial charge >= 0.3 is 0 Å². The molecule has 1 N–H and O–H groups in total. The Morgan fingerprint density at radius 3 is 3.00 bits per heavy atom. The number of fused-ring (bicyclic) bond motifs is 5. The van der Waals surface area contributed by atoms with Crippen LogP contribution in [-0.2, 0) is 0 Å². The van der Waals surface area contributed by atoms with Crippen LogP contribution in [-0.4, -0.2) is 24.1 Å². The van der Waals surface area contributed by atoms with Crippen LogP contribution in [0, 0.1) is 5.92 Å². The van der Waals surface area contributed by atoms with E-state index in [1.807, 2.05) is 0 Å². The van der Waals surface area contributed by atoms with Gasteiger partial charge in [0.1, 0.15) is 0 Å². The van der Waals surface area contributed by atoms with Gasteiger partial charge in [0.15, 0.2) is 0 Å². The van der Waals surface area contributed by atoms with Gasteiger partial charge < -0.3 is 5.32 Å². The average molecular weight is 157 g/mol. The first-order valence-electron chi connectivity index (χ1n) is 4.27. The molecule has 3 aliphatic rings. The van der Waals surface area contributed by atoms with Gasteiger partial charge in [0.25, 0.3) is 0 Å². The first-order valence-corrected chi connectivity index (χ1v) is 5.32. The number of rotatable bonds is 0. The summed E-state index contributed by atoms with van der Waals surface area (Å²) in [5, 5.41) is 4.44. The summed E-state index contributed by atoms with van der Waals surface area (Å²) in [6.45, 7) is 2.53. The summed E-state index contributed by atoms with van der Waals surface area (Å²) in [4.78, 5) is 0. The van der Waals surface area contributed by atoms with E-state index in [0.29, 0.717) is 0 Å². The van der Waals surface area contributed by atoms with Crippen molar-refractivity contribution in [2.75, 3.05) is 18.8 Å². The second kappa shape index (κ2) is 3.14. The number of hydrogen-bond acceptors (Lipinski definition) is 2. The second-order valence-electron chi connectivity index (χ2n) is 3.39. The minimum atomic E-state index is 0.941. The van der Waals surface area contributed by atoms with Gasteiger partial charge in [0, 0.05) is 11.8 Å². The predicted molar refractivity (Wildman–Crippen MR) is 46.5 cm³/mol. The summed E-state index contributed by atoms with van der Waals surface area (Å²) in [5.74, 6) is 2.47. The topological polar surface area (TPSA) is 12.0 Å². The third kappa shape index (κ3) is 1.48. The van der Waals surface area contributed by atoms with Crippen molar-refractivity contribution in [3.8, 4) is 0 Å². The highest BCUT2D eigenvalue weighted by molar-refractivity contribution is 8.00. The molecule has 0 spiro atoms. The molecule has 10 heavy (non-hydrogen) atoms. The maximum absolute atomic E-state index is 3.50. The molecule has 0 aromatic heterocycles. The van der Waals surface area contributed by atoms with Gasteiger partial charge in [-0.3, -0.25) is 0 Å². The standard InChI is InChI=1S/C8H15NS/c1-2-8-5-9-4-3-7(1)6-10-8/h7-9H,1-6H2. The Hall–Kier alpha value is 0.310. The number of thioether (sulfide) groups is 1. The SMILES string of the molecule is C1CC2CCC(CN1)SC2. The Balaban J connectivity index is 1.94. The highest BCUT2D eigenvalue weighted by atomic mass is 32.2. The fourth-order valence-electron chi connectivity index (χ4n) is 1.82. The largest absolute Gasteiger partial charge is 0.316 e. The van der Waals surface area contributed by atoms with Gasteiger partial charge in [-0.25, -0.2) is 0 Å². The van der Waals surface area contributed by atoms with Gasteiger partial charge in [-0.05, 0) is 37.5 Å². The third-order valence-corrected chi connectivity index (χ3v) is 4.10. The highest BCUT2D eigenvalue weighted by Crippen LogP contribution is 2.31. The molecule has 58 valence electrons. The minimum absolute atomic E-state index is 0.941. The number of nitrogens with one attached hydrogen (secondary N) is 1. The Bertz CT molecular complexity index is 88.3. The molecule has 3 fully saturated rings. The van der Waals surface area contributed by atoms with Crippen LogP contribution in [0.2, 0.25) is 0 Å². The second-order valence-corrected chi connectivity index (χ2v) is 4.72. The van der Waals surface area contributed by atoms with E-state index in [2.05, 4.69) is 17.1 Å². The lowest BCUT2D eigenvalue weighted by Crippen LogP contribution is -2.34. The molecule has 0 aliphatic carbocycles. The summed E-state index contributed by atoms with van der Waals surface area (Å²) in [5.41, 5.74) is 0. The van der Waals surface area contributed by atoms with Crippen LogP contribution in [0.15, 0.2) is 0 Å². The smallest absolute Gasteiger partial charge is 0.0172 e. The summed E-state index contributed by atoms with van der Waals surface area (Å²) in [6.07, 6.45) is 4.38.